The second-order valence-corrected chi connectivity index (χ2v) is 5.67. The number of ether oxygens (including phenoxy) is 3. The Morgan fingerprint density at radius 3 is 1.73 bits per heavy atom. The maximum absolute atomic E-state index is 9.35. The molecule has 26 heavy (non-hydrogen) atoms. The van der Waals surface area contributed by atoms with Gasteiger partial charge in [-0.2, -0.15) is 5.48 Å². The highest BCUT2D eigenvalue weighted by molar-refractivity contribution is 4.58. The van der Waals surface area contributed by atoms with Gasteiger partial charge in [-0.15, -0.1) is 0 Å². The molecule has 0 aliphatic heterocycles. The minimum absolute atomic E-state index is 0.0266. The minimum Gasteiger partial charge on any atom is -0.394 e. The minimum atomic E-state index is -1.06. The second-order valence-electron chi connectivity index (χ2n) is 5.67. The lowest BCUT2D eigenvalue weighted by Crippen LogP contribution is -2.42. The fourth-order valence-electron chi connectivity index (χ4n) is 1.56. The molecule has 0 rings (SSSR count). The molecule has 0 aromatic rings. The van der Waals surface area contributed by atoms with Gasteiger partial charge < -0.3 is 44.8 Å². The fraction of sp³-hybridized carbons (Fsp3) is 1.00. The zero-order valence-corrected chi connectivity index (χ0v) is 15.1. The first-order valence-corrected chi connectivity index (χ1v) is 8.51. The first kappa shape index (κ1) is 25.6. The Labute approximate surface area is 153 Å². The highest BCUT2D eigenvalue weighted by atomic mass is 16.7. The van der Waals surface area contributed by atoms with Crippen LogP contribution in [0.3, 0.4) is 0 Å². The molecule has 0 aliphatic carbocycles. The molecule has 0 spiro atoms. The van der Waals surface area contributed by atoms with E-state index in [-0.39, 0.29) is 39.1 Å². The zero-order chi connectivity index (χ0) is 19.8. The van der Waals surface area contributed by atoms with Crippen molar-refractivity contribution >= 4 is 0 Å². The highest BCUT2D eigenvalue weighted by Gasteiger charge is 2.16. The standard InChI is InChI=1S/C15H33NO10/c1-2-14(9-23-6-11(20)3-17)26-16-15(25-8-13(22)5-19)10-24-7-12(21)4-18/h11-22H,2-10H2,1H3. The predicted molar refractivity (Wildman–Crippen MR) is 89.0 cm³/mol. The molecule has 0 saturated carbocycles. The molecular weight excluding hydrogens is 354 g/mol. The molecule has 11 nitrogen and oxygen atoms in total. The third kappa shape index (κ3) is 13.7. The molecule has 5 atom stereocenters. The maximum Gasteiger partial charge on any atom is 0.153 e. The average Bonchev–Trinajstić information content (AvgIpc) is 2.66. The number of hydrogen-bond acceptors (Lipinski definition) is 11. The molecule has 11 heteroatoms. The van der Waals surface area contributed by atoms with E-state index in [4.69, 9.17) is 34.4 Å². The van der Waals surface area contributed by atoms with Crippen LogP contribution >= 0.6 is 0 Å². The van der Waals surface area contributed by atoms with E-state index in [9.17, 15) is 15.3 Å². The van der Waals surface area contributed by atoms with E-state index in [0.29, 0.717) is 6.42 Å². The van der Waals surface area contributed by atoms with E-state index in [2.05, 4.69) is 5.48 Å². The Kier molecular flexibility index (Phi) is 16.4. The molecule has 0 radical (unpaired) electrons. The van der Waals surface area contributed by atoms with E-state index in [0.717, 1.165) is 0 Å². The molecule has 158 valence electrons. The van der Waals surface area contributed by atoms with Gasteiger partial charge >= 0.3 is 0 Å². The summed E-state index contributed by atoms with van der Waals surface area (Å²) >= 11 is 0. The van der Waals surface area contributed by atoms with Gasteiger partial charge in [0, 0.05) is 0 Å². The summed E-state index contributed by atoms with van der Waals surface area (Å²) in [5.74, 6) is 0. The third-order valence-corrected chi connectivity index (χ3v) is 3.14. The monoisotopic (exact) mass is 387 g/mol. The van der Waals surface area contributed by atoms with Crippen LogP contribution in [0.4, 0.5) is 0 Å². The summed E-state index contributed by atoms with van der Waals surface area (Å²) in [6.07, 6.45) is -3.64. The normalized spacial score (nSPS) is 17.7. The van der Waals surface area contributed by atoms with Crippen LogP contribution in [-0.2, 0) is 19.0 Å². The molecule has 0 amide bonds. The van der Waals surface area contributed by atoms with Crippen molar-refractivity contribution in [1.29, 1.82) is 0 Å². The molecule has 5 unspecified atom stereocenters. The fourth-order valence-corrected chi connectivity index (χ4v) is 1.56. The van der Waals surface area contributed by atoms with Crippen LogP contribution in [0.1, 0.15) is 13.3 Å². The SMILES string of the molecule is CCC(COCC(O)CO)ONC(COCC(O)CO)OCC(O)CO. The molecule has 0 fully saturated rings. The molecular formula is C15H33NO10. The maximum atomic E-state index is 9.35. The third-order valence-electron chi connectivity index (χ3n) is 3.14. The highest BCUT2D eigenvalue weighted by Crippen LogP contribution is 2.01. The van der Waals surface area contributed by atoms with Crippen molar-refractivity contribution in [3.05, 3.63) is 0 Å². The first-order valence-electron chi connectivity index (χ1n) is 8.51. The molecule has 0 aromatic carbocycles. The Morgan fingerprint density at radius 1 is 0.731 bits per heavy atom. The number of aliphatic hydroxyl groups excluding tert-OH is 6. The summed E-state index contributed by atoms with van der Waals surface area (Å²) in [7, 11) is 0. The van der Waals surface area contributed by atoms with Crippen LogP contribution in [0, 0.1) is 0 Å². The lowest BCUT2D eigenvalue weighted by atomic mass is 10.3. The zero-order valence-electron chi connectivity index (χ0n) is 15.1. The van der Waals surface area contributed by atoms with Gasteiger partial charge in [-0.1, -0.05) is 6.92 Å². The largest absolute Gasteiger partial charge is 0.394 e. The second kappa shape index (κ2) is 16.7. The van der Waals surface area contributed by atoms with Gasteiger partial charge in [0.15, 0.2) is 6.23 Å². The van der Waals surface area contributed by atoms with Crippen LogP contribution in [-0.4, -0.2) is 114 Å². The van der Waals surface area contributed by atoms with Crippen molar-refractivity contribution in [2.75, 3.05) is 52.9 Å². The van der Waals surface area contributed by atoms with Crippen LogP contribution in [0.5, 0.6) is 0 Å². The number of hydrogen-bond donors (Lipinski definition) is 7. The number of nitrogens with one attached hydrogen (secondary N) is 1. The van der Waals surface area contributed by atoms with Gasteiger partial charge in [-0.25, -0.2) is 0 Å². The molecule has 0 aromatic heterocycles. The van der Waals surface area contributed by atoms with Crippen molar-refractivity contribution in [3.8, 4) is 0 Å². The summed E-state index contributed by atoms with van der Waals surface area (Å²) in [6, 6.07) is 0. The van der Waals surface area contributed by atoms with E-state index in [1.54, 1.807) is 0 Å². The summed E-state index contributed by atoms with van der Waals surface area (Å²) < 4.78 is 15.8. The lowest BCUT2D eigenvalue weighted by Gasteiger charge is -2.24. The van der Waals surface area contributed by atoms with Crippen LogP contribution in [0.2, 0.25) is 0 Å². The number of hydroxylamine groups is 1. The topological polar surface area (TPSA) is 170 Å². The average molecular weight is 387 g/mol. The van der Waals surface area contributed by atoms with Gasteiger partial charge in [0.2, 0.25) is 0 Å². The Hall–Kier alpha value is -0.440. The molecule has 7 N–H and O–H groups in total. The molecule has 0 saturated heterocycles. The van der Waals surface area contributed by atoms with Gasteiger partial charge in [0.25, 0.3) is 0 Å². The van der Waals surface area contributed by atoms with Gasteiger partial charge in [0.05, 0.1) is 52.9 Å². The Morgan fingerprint density at radius 2 is 1.23 bits per heavy atom. The van der Waals surface area contributed by atoms with Crippen molar-refractivity contribution < 1.29 is 49.7 Å². The summed E-state index contributed by atoms with van der Waals surface area (Å²) in [6.45, 7) is 0.379. The molecule has 0 bridgehead atoms. The summed E-state index contributed by atoms with van der Waals surface area (Å²) in [5, 5.41) is 54.1. The van der Waals surface area contributed by atoms with Crippen LogP contribution < -0.4 is 5.48 Å². The van der Waals surface area contributed by atoms with Crippen LogP contribution in [0.15, 0.2) is 0 Å². The van der Waals surface area contributed by atoms with Gasteiger partial charge in [0.1, 0.15) is 24.4 Å². The predicted octanol–water partition coefficient (Wildman–Crippen LogP) is -3.28. The van der Waals surface area contributed by atoms with Gasteiger partial charge in [-0.3, -0.25) is 4.84 Å². The van der Waals surface area contributed by atoms with Crippen LogP contribution in [0.25, 0.3) is 0 Å². The number of rotatable bonds is 18. The summed E-state index contributed by atoms with van der Waals surface area (Å²) in [4.78, 5) is 5.44. The smallest absolute Gasteiger partial charge is 0.153 e. The first-order chi connectivity index (χ1) is 12.5. The Bertz CT molecular complexity index is 312. The lowest BCUT2D eigenvalue weighted by molar-refractivity contribution is -0.169. The van der Waals surface area contributed by atoms with Crippen molar-refractivity contribution in [3.63, 3.8) is 0 Å². The van der Waals surface area contributed by atoms with E-state index in [1.165, 1.54) is 0 Å². The van der Waals surface area contributed by atoms with E-state index < -0.39 is 44.4 Å². The van der Waals surface area contributed by atoms with Crippen molar-refractivity contribution in [2.24, 2.45) is 0 Å². The molecule has 0 aliphatic rings. The van der Waals surface area contributed by atoms with E-state index >= 15 is 0 Å². The van der Waals surface area contributed by atoms with Crippen molar-refractivity contribution in [2.45, 2.75) is 44.0 Å². The number of aliphatic hydroxyl groups is 6. The van der Waals surface area contributed by atoms with Gasteiger partial charge in [-0.05, 0) is 6.42 Å². The quantitative estimate of drug-likeness (QED) is 0.0929. The van der Waals surface area contributed by atoms with E-state index in [1.807, 2.05) is 6.92 Å². The Balaban J connectivity index is 4.28. The molecule has 0 heterocycles. The summed E-state index contributed by atoms with van der Waals surface area (Å²) in [5.41, 5.74) is 2.62. The van der Waals surface area contributed by atoms with Crippen molar-refractivity contribution in [1.82, 2.24) is 5.48 Å².